The van der Waals surface area contributed by atoms with Crippen LogP contribution in [0.1, 0.15) is 0 Å². The monoisotopic (exact) mass is 741 g/mol. The zero-order valence-corrected chi connectivity index (χ0v) is 31.5. The van der Waals surface area contributed by atoms with Gasteiger partial charge in [0.25, 0.3) is 0 Å². The van der Waals surface area contributed by atoms with Crippen LogP contribution in [0, 0.1) is 0 Å². The van der Waals surface area contributed by atoms with Gasteiger partial charge in [0.1, 0.15) is 0 Å². The molecule has 2 aromatic heterocycles. The second-order valence-corrected chi connectivity index (χ2v) is 15.9. The molecule has 0 bridgehead atoms. The minimum atomic E-state index is 0.649. The molecule has 12 aromatic rings. The molecule has 0 atom stereocenters. The Morgan fingerprint density at radius 3 is 1.51 bits per heavy atom. The maximum Gasteiger partial charge on any atom is 0.164 e. The zero-order valence-electron chi connectivity index (χ0n) is 30.6. The van der Waals surface area contributed by atoms with Crippen LogP contribution in [0.5, 0.6) is 0 Å². The van der Waals surface area contributed by atoms with E-state index < -0.39 is 0 Å². The van der Waals surface area contributed by atoms with Crippen molar-refractivity contribution in [2.45, 2.75) is 0 Å². The van der Waals surface area contributed by atoms with Crippen molar-refractivity contribution in [2.75, 3.05) is 0 Å². The Labute approximate surface area is 332 Å². The molecule has 0 unspecified atom stereocenters. The number of rotatable bonds is 4. The van der Waals surface area contributed by atoms with E-state index in [-0.39, 0.29) is 0 Å². The third kappa shape index (κ3) is 5.22. The predicted octanol–water partition coefficient (Wildman–Crippen LogP) is 14.7. The van der Waals surface area contributed by atoms with Gasteiger partial charge in [-0.25, -0.2) is 15.0 Å². The van der Waals surface area contributed by atoms with E-state index in [1.54, 1.807) is 0 Å². The summed E-state index contributed by atoms with van der Waals surface area (Å²) in [6, 6.07) is 67.6. The molecule has 0 N–H and O–H groups in total. The topological polar surface area (TPSA) is 38.7 Å². The minimum Gasteiger partial charge on any atom is -0.208 e. The van der Waals surface area contributed by atoms with Crippen LogP contribution in [0.2, 0.25) is 0 Å². The van der Waals surface area contributed by atoms with Crippen LogP contribution in [-0.2, 0) is 0 Å². The Balaban J connectivity index is 1.04. The van der Waals surface area contributed by atoms with Gasteiger partial charge in [-0.2, -0.15) is 0 Å². The fourth-order valence-electron chi connectivity index (χ4n) is 8.69. The molecule has 12 rings (SSSR count). The zero-order chi connectivity index (χ0) is 37.5. The summed E-state index contributed by atoms with van der Waals surface area (Å²) in [5.41, 5.74) is 5.23. The number of nitrogens with zero attached hydrogens (tertiary/aromatic N) is 3. The van der Waals surface area contributed by atoms with Crippen molar-refractivity contribution in [3.63, 3.8) is 0 Å². The van der Waals surface area contributed by atoms with Gasteiger partial charge in [-0.3, -0.25) is 0 Å². The van der Waals surface area contributed by atoms with Gasteiger partial charge in [-0.15, -0.1) is 11.3 Å². The summed E-state index contributed by atoms with van der Waals surface area (Å²) in [6.45, 7) is 0. The maximum absolute atomic E-state index is 5.21. The predicted molar refractivity (Wildman–Crippen MR) is 242 cm³/mol. The summed E-state index contributed by atoms with van der Waals surface area (Å²) in [5, 5.41) is 14.7. The number of hydrogen-bond donors (Lipinski definition) is 0. The lowest BCUT2D eigenvalue weighted by Gasteiger charge is -2.14. The van der Waals surface area contributed by atoms with E-state index >= 15 is 0 Å². The van der Waals surface area contributed by atoms with Crippen LogP contribution >= 0.6 is 11.3 Å². The molecule has 10 aromatic carbocycles. The molecule has 3 nitrogen and oxygen atoms in total. The third-order valence-electron chi connectivity index (χ3n) is 11.5. The summed E-state index contributed by atoms with van der Waals surface area (Å²) in [4.78, 5) is 15.5. The molecule has 4 heteroatoms. The van der Waals surface area contributed by atoms with E-state index in [1.807, 2.05) is 11.3 Å². The van der Waals surface area contributed by atoms with E-state index in [0.717, 1.165) is 38.2 Å². The molecular weight excluding hydrogens is 711 g/mol. The van der Waals surface area contributed by atoms with Crippen molar-refractivity contribution in [1.82, 2.24) is 15.0 Å². The maximum atomic E-state index is 5.21. The molecule has 0 aliphatic heterocycles. The van der Waals surface area contributed by atoms with Crippen molar-refractivity contribution in [3.05, 3.63) is 188 Å². The Kier molecular flexibility index (Phi) is 7.10. The second kappa shape index (κ2) is 12.6. The van der Waals surface area contributed by atoms with Gasteiger partial charge in [0.15, 0.2) is 17.5 Å². The molecule has 0 aliphatic carbocycles. The molecule has 0 saturated carbocycles. The fraction of sp³-hybridized carbons (Fsp3) is 0. The van der Waals surface area contributed by atoms with Crippen molar-refractivity contribution < 1.29 is 0 Å². The van der Waals surface area contributed by atoms with E-state index in [0.29, 0.717) is 17.5 Å². The van der Waals surface area contributed by atoms with Gasteiger partial charge in [0.05, 0.1) is 0 Å². The summed E-state index contributed by atoms with van der Waals surface area (Å²) in [6.07, 6.45) is 0. The quantitative estimate of drug-likeness (QED) is 0.169. The van der Waals surface area contributed by atoms with Gasteiger partial charge in [0.2, 0.25) is 0 Å². The first-order chi connectivity index (χ1) is 28.2. The summed E-state index contributed by atoms with van der Waals surface area (Å²) < 4.78 is 2.65. The molecular formula is C53H31N3S. The average Bonchev–Trinajstić information content (AvgIpc) is 3.67. The fourth-order valence-corrected chi connectivity index (χ4v) is 9.81. The highest BCUT2D eigenvalue weighted by Gasteiger charge is 2.18. The number of aromatic nitrogens is 3. The molecule has 0 fully saturated rings. The smallest absolute Gasteiger partial charge is 0.164 e. The Morgan fingerprint density at radius 1 is 0.281 bits per heavy atom. The number of hydrogen-bond acceptors (Lipinski definition) is 4. The average molecular weight is 742 g/mol. The number of fused-ring (bicyclic) bond motifs is 10. The molecule has 57 heavy (non-hydrogen) atoms. The van der Waals surface area contributed by atoms with E-state index in [1.165, 1.54) is 63.6 Å². The Hall–Kier alpha value is -7.27. The van der Waals surface area contributed by atoms with Crippen LogP contribution < -0.4 is 0 Å². The van der Waals surface area contributed by atoms with Crippen LogP contribution in [-0.4, -0.2) is 15.0 Å². The molecule has 2 heterocycles. The summed E-state index contributed by atoms with van der Waals surface area (Å²) in [7, 11) is 0. The highest BCUT2D eigenvalue weighted by molar-refractivity contribution is 7.26. The Bertz CT molecular complexity index is 3500. The van der Waals surface area contributed by atoms with Crippen molar-refractivity contribution in [3.8, 4) is 45.3 Å². The number of thiophene rings is 1. The largest absolute Gasteiger partial charge is 0.208 e. The summed E-state index contributed by atoms with van der Waals surface area (Å²) in [5.74, 6) is 1.95. The van der Waals surface area contributed by atoms with Gasteiger partial charge in [-0.05, 0) is 101 Å². The first-order valence-corrected chi connectivity index (χ1v) is 20.1. The molecule has 0 radical (unpaired) electrons. The van der Waals surface area contributed by atoms with Crippen molar-refractivity contribution >= 4 is 85.4 Å². The van der Waals surface area contributed by atoms with Crippen molar-refractivity contribution in [1.29, 1.82) is 0 Å². The van der Waals surface area contributed by atoms with Crippen LogP contribution in [0.4, 0.5) is 0 Å². The lowest BCUT2D eigenvalue weighted by Crippen LogP contribution is -2.01. The Morgan fingerprint density at radius 2 is 0.789 bits per heavy atom. The van der Waals surface area contributed by atoms with E-state index in [2.05, 4.69) is 188 Å². The van der Waals surface area contributed by atoms with Crippen LogP contribution in [0.3, 0.4) is 0 Å². The SMILES string of the molecule is c1ccc2cc(-c3nc(-c4ccc5ccccc5c4)nc(-c4ccc(-c5ccc6c(ccc7ccc8sc9ccccc9c8c76)c5)c5ccccc45)n3)ccc2c1. The van der Waals surface area contributed by atoms with Crippen LogP contribution in [0.25, 0.3) is 119 Å². The first-order valence-electron chi connectivity index (χ1n) is 19.3. The van der Waals surface area contributed by atoms with E-state index in [4.69, 9.17) is 15.0 Å². The molecule has 0 amide bonds. The second-order valence-electron chi connectivity index (χ2n) is 14.8. The number of benzene rings is 10. The van der Waals surface area contributed by atoms with E-state index in [9.17, 15) is 0 Å². The van der Waals surface area contributed by atoms with Crippen molar-refractivity contribution in [2.24, 2.45) is 0 Å². The third-order valence-corrected chi connectivity index (χ3v) is 12.6. The molecule has 264 valence electrons. The first kappa shape index (κ1) is 32.0. The highest BCUT2D eigenvalue weighted by atomic mass is 32.1. The van der Waals surface area contributed by atoms with Gasteiger partial charge >= 0.3 is 0 Å². The standard InChI is InChI=1S/C53H31N3S/c1-3-11-35-29-39(21-17-32(35)9-1)51-54-52(40-22-18-33-10-2-4-12-36(33)30-40)56-53(55-51)45-27-26-41(43-13-5-6-14-44(43)45)37-23-25-42-38(31-37)20-19-34-24-28-48-50(49(34)42)46-15-7-8-16-47(46)57-48/h1-31H. The van der Waals surface area contributed by atoms with Gasteiger partial charge in [-0.1, -0.05) is 152 Å². The molecule has 0 aliphatic rings. The molecule has 0 saturated heterocycles. The summed E-state index contributed by atoms with van der Waals surface area (Å²) >= 11 is 1.87. The lowest BCUT2D eigenvalue weighted by atomic mass is 9.91. The molecule has 0 spiro atoms. The lowest BCUT2D eigenvalue weighted by molar-refractivity contribution is 1.08. The van der Waals surface area contributed by atoms with Gasteiger partial charge in [0, 0.05) is 36.9 Å². The minimum absolute atomic E-state index is 0.649. The normalized spacial score (nSPS) is 11.9. The van der Waals surface area contributed by atoms with Gasteiger partial charge < -0.3 is 0 Å². The van der Waals surface area contributed by atoms with Crippen LogP contribution in [0.15, 0.2) is 188 Å². The highest BCUT2D eigenvalue weighted by Crippen LogP contribution is 2.43.